The second kappa shape index (κ2) is 9.79. The van der Waals surface area contributed by atoms with E-state index in [1.165, 1.54) is 0 Å². The van der Waals surface area contributed by atoms with E-state index in [2.05, 4.69) is 13.6 Å². The quantitative estimate of drug-likeness (QED) is 0.289. The highest BCUT2D eigenvalue weighted by Gasteiger charge is 2.26. The highest BCUT2D eigenvalue weighted by Crippen LogP contribution is 2.36. The van der Waals surface area contributed by atoms with Crippen molar-refractivity contribution in [3.05, 3.63) is 76.9 Å². The van der Waals surface area contributed by atoms with Gasteiger partial charge in [0, 0.05) is 24.6 Å². The number of hydrogen-bond acceptors (Lipinski definition) is 9. The van der Waals surface area contributed by atoms with Gasteiger partial charge in [-0.25, -0.2) is 4.79 Å². The molecule has 0 unspecified atom stereocenters. The van der Waals surface area contributed by atoms with Gasteiger partial charge in [-0.05, 0) is 53.6 Å². The highest BCUT2D eigenvalue weighted by molar-refractivity contribution is 7.00. The summed E-state index contributed by atoms with van der Waals surface area (Å²) in [6.07, 6.45) is 0.101. The zero-order valence-electron chi connectivity index (χ0n) is 20.5. The molecule has 192 valence electrons. The molecule has 0 radical (unpaired) electrons. The summed E-state index contributed by atoms with van der Waals surface area (Å²) < 4.78 is 25.5. The number of fused-ring (bicyclic) bond motifs is 3. The summed E-state index contributed by atoms with van der Waals surface area (Å²) in [5.41, 5.74) is 3.70. The number of allylic oxidation sites excluding steroid dienone is 1. The van der Waals surface area contributed by atoms with Gasteiger partial charge in [0.1, 0.15) is 36.6 Å². The number of rotatable bonds is 6. The van der Waals surface area contributed by atoms with Gasteiger partial charge < -0.3 is 24.2 Å². The molecule has 9 nitrogen and oxygen atoms in total. The van der Waals surface area contributed by atoms with Crippen molar-refractivity contribution in [3.63, 3.8) is 0 Å². The zero-order chi connectivity index (χ0) is 26.2. The molecule has 0 saturated carbocycles. The summed E-state index contributed by atoms with van der Waals surface area (Å²) in [5.74, 6) is 0.160. The second-order valence-electron chi connectivity index (χ2n) is 9.06. The number of ether oxygens (including phenoxy) is 3. The lowest BCUT2D eigenvalue weighted by Gasteiger charge is -2.28. The van der Waals surface area contributed by atoms with Crippen molar-refractivity contribution < 1.29 is 28.9 Å². The first-order valence-electron chi connectivity index (χ1n) is 12.1. The summed E-state index contributed by atoms with van der Waals surface area (Å²) in [4.78, 5) is 28.9. The maximum absolute atomic E-state index is 14.0. The van der Waals surface area contributed by atoms with Crippen LogP contribution in [0.3, 0.4) is 0 Å². The largest absolute Gasteiger partial charge is 0.490 e. The number of ketones is 1. The molecule has 0 spiro atoms. The van der Waals surface area contributed by atoms with Crippen LogP contribution in [-0.2, 0) is 11.2 Å². The van der Waals surface area contributed by atoms with Crippen LogP contribution in [0, 0.1) is 0 Å². The minimum absolute atomic E-state index is 0.0814. The van der Waals surface area contributed by atoms with Crippen LogP contribution >= 0.6 is 11.7 Å². The molecule has 38 heavy (non-hydrogen) atoms. The van der Waals surface area contributed by atoms with Crippen LogP contribution in [0.5, 0.6) is 17.2 Å². The average molecular weight is 530 g/mol. The molecule has 1 aromatic heterocycles. The Bertz CT molecular complexity index is 1610. The third-order valence-corrected chi connectivity index (χ3v) is 7.19. The number of Topliss-reactive ketones (excluding diaryl/α,β-unsaturated/α-hetero) is 1. The Morgan fingerprint density at radius 2 is 1.61 bits per heavy atom. The Labute approximate surface area is 222 Å². The molecule has 4 aromatic rings. The molecule has 0 amide bonds. The van der Waals surface area contributed by atoms with Crippen molar-refractivity contribution in [2.75, 3.05) is 38.3 Å². The van der Waals surface area contributed by atoms with Gasteiger partial charge >= 0.3 is 5.97 Å². The fourth-order valence-corrected chi connectivity index (χ4v) is 5.23. The number of carboxylic acid groups (broad SMARTS) is 1. The first-order valence-corrected chi connectivity index (χ1v) is 12.8. The Hall–Kier alpha value is -4.44. The van der Waals surface area contributed by atoms with E-state index in [9.17, 15) is 14.7 Å². The van der Waals surface area contributed by atoms with Gasteiger partial charge in [0.2, 0.25) is 0 Å². The molecule has 1 N–H and O–H groups in total. The number of aromatic nitrogens is 2. The number of hydrogen-bond donors (Lipinski definition) is 1. The predicted octanol–water partition coefficient (Wildman–Crippen LogP) is 4.25. The molecule has 0 atom stereocenters. The Balaban J connectivity index is 1.49. The number of aliphatic carboxylic acids is 1. The first-order chi connectivity index (χ1) is 18.5. The van der Waals surface area contributed by atoms with E-state index in [0.717, 1.165) is 35.3 Å². The van der Waals surface area contributed by atoms with Gasteiger partial charge in [0.25, 0.3) is 0 Å². The van der Waals surface area contributed by atoms with Crippen molar-refractivity contribution >= 4 is 45.8 Å². The van der Waals surface area contributed by atoms with Crippen LogP contribution in [0.2, 0.25) is 0 Å². The molecule has 3 aromatic carbocycles. The number of anilines is 1. The lowest BCUT2D eigenvalue weighted by molar-refractivity contribution is -0.130. The van der Waals surface area contributed by atoms with Gasteiger partial charge in [0.15, 0.2) is 17.3 Å². The first kappa shape index (κ1) is 23.9. The van der Waals surface area contributed by atoms with Gasteiger partial charge in [-0.15, -0.1) is 0 Å². The van der Waals surface area contributed by atoms with E-state index < -0.39 is 11.8 Å². The van der Waals surface area contributed by atoms with Crippen LogP contribution in [0.4, 0.5) is 5.69 Å². The number of carbonyl (C=O) groups is 2. The lowest BCUT2D eigenvalue weighted by Crippen LogP contribution is -2.28. The summed E-state index contributed by atoms with van der Waals surface area (Å²) in [6, 6.07) is 15.6. The third-order valence-electron chi connectivity index (χ3n) is 6.64. The molecule has 0 bridgehead atoms. The van der Waals surface area contributed by atoms with Crippen LogP contribution in [0.1, 0.15) is 21.5 Å². The molecule has 3 heterocycles. The standard InChI is InChI=1S/C28H23N3O6S/c1-31-8-9-35-23-6-2-16(13-22(23)31)12-19(27(32)18-4-7-24-25(15-18)37-11-10-36-24)26(28(33)34)17-3-5-20-21(14-17)30-38-29-20/h2-7,13-15H,8-12H2,1H3,(H,33,34). The van der Waals surface area contributed by atoms with E-state index in [-0.39, 0.29) is 17.6 Å². The molecule has 0 fully saturated rings. The zero-order valence-corrected chi connectivity index (χ0v) is 21.3. The fraction of sp³-hybridized carbons (Fsp3) is 0.214. The van der Waals surface area contributed by atoms with Crippen molar-refractivity contribution in [3.8, 4) is 17.2 Å². The topological polar surface area (TPSA) is 111 Å². The molecular formula is C28H23N3O6S. The fourth-order valence-electron chi connectivity index (χ4n) is 4.72. The van der Waals surface area contributed by atoms with E-state index in [4.69, 9.17) is 14.2 Å². The predicted molar refractivity (Wildman–Crippen MR) is 143 cm³/mol. The van der Waals surface area contributed by atoms with Crippen LogP contribution < -0.4 is 19.1 Å². The minimum atomic E-state index is -1.20. The lowest BCUT2D eigenvalue weighted by atomic mass is 9.89. The van der Waals surface area contributed by atoms with E-state index >= 15 is 0 Å². The van der Waals surface area contributed by atoms with Crippen molar-refractivity contribution in [1.29, 1.82) is 0 Å². The van der Waals surface area contributed by atoms with Gasteiger partial charge in [-0.3, -0.25) is 4.79 Å². The van der Waals surface area contributed by atoms with Crippen molar-refractivity contribution in [1.82, 2.24) is 8.75 Å². The molecule has 2 aliphatic heterocycles. The molecule has 0 saturated heterocycles. The smallest absolute Gasteiger partial charge is 0.336 e. The summed E-state index contributed by atoms with van der Waals surface area (Å²) in [6.45, 7) is 2.13. The molecule has 0 aliphatic carbocycles. The Kier molecular flexibility index (Phi) is 6.16. The van der Waals surface area contributed by atoms with E-state index in [0.29, 0.717) is 53.5 Å². The SMILES string of the molecule is CN1CCOc2ccc(CC(C(=O)c3ccc4c(c3)OCCO4)=C(C(=O)O)c3ccc4nsnc4c3)cc21. The minimum Gasteiger partial charge on any atom is -0.490 e. The number of carbonyl (C=O) groups excluding carboxylic acids is 1. The number of nitrogens with zero attached hydrogens (tertiary/aromatic N) is 3. The third kappa shape index (κ3) is 4.43. The maximum atomic E-state index is 14.0. The van der Waals surface area contributed by atoms with E-state index in [1.807, 2.05) is 25.2 Å². The number of benzene rings is 3. The van der Waals surface area contributed by atoms with Crippen LogP contribution in [0.25, 0.3) is 16.6 Å². The molecular weight excluding hydrogens is 506 g/mol. The molecule has 2 aliphatic rings. The number of likely N-dealkylation sites (N-methyl/N-ethyl adjacent to an activating group) is 1. The van der Waals surface area contributed by atoms with Crippen molar-refractivity contribution in [2.24, 2.45) is 0 Å². The monoisotopic (exact) mass is 529 g/mol. The van der Waals surface area contributed by atoms with Gasteiger partial charge in [0.05, 0.1) is 29.5 Å². The highest BCUT2D eigenvalue weighted by atomic mass is 32.1. The van der Waals surface area contributed by atoms with E-state index in [1.54, 1.807) is 36.4 Å². The van der Waals surface area contributed by atoms with Crippen LogP contribution in [0.15, 0.2) is 60.2 Å². The second-order valence-corrected chi connectivity index (χ2v) is 9.59. The average Bonchev–Trinajstić information content (AvgIpc) is 3.40. The normalized spacial score (nSPS) is 14.9. The van der Waals surface area contributed by atoms with Crippen molar-refractivity contribution in [2.45, 2.75) is 6.42 Å². The maximum Gasteiger partial charge on any atom is 0.336 e. The van der Waals surface area contributed by atoms with Gasteiger partial charge in [-0.1, -0.05) is 12.1 Å². The summed E-state index contributed by atoms with van der Waals surface area (Å²) in [7, 11) is 1.97. The molecule has 10 heteroatoms. The van der Waals surface area contributed by atoms with Gasteiger partial charge in [-0.2, -0.15) is 8.75 Å². The number of carboxylic acids is 1. The van der Waals surface area contributed by atoms with Crippen LogP contribution in [-0.4, -0.2) is 59.0 Å². The Morgan fingerprint density at radius 1 is 0.868 bits per heavy atom. The summed E-state index contributed by atoms with van der Waals surface area (Å²) in [5, 5.41) is 10.4. The molecule has 6 rings (SSSR count). The Morgan fingerprint density at radius 3 is 2.45 bits per heavy atom. The summed E-state index contributed by atoms with van der Waals surface area (Å²) >= 11 is 1.05.